The van der Waals surface area contributed by atoms with Crippen LogP contribution in [0.25, 0.3) is 11.1 Å². The van der Waals surface area contributed by atoms with Crippen LogP contribution in [0.3, 0.4) is 0 Å². The zero-order chi connectivity index (χ0) is 13.8. The van der Waals surface area contributed by atoms with E-state index in [0.717, 1.165) is 16.9 Å². The van der Waals surface area contributed by atoms with Crippen LogP contribution in [0.1, 0.15) is 18.5 Å². The Morgan fingerprint density at radius 2 is 1.95 bits per heavy atom. The molecule has 2 aromatic rings. The number of methoxy groups -OCH3 is 1. The molecule has 0 heterocycles. The van der Waals surface area contributed by atoms with Crippen molar-refractivity contribution in [2.75, 3.05) is 14.2 Å². The van der Waals surface area contributed by atoms with Gasteiger partial charge in [-0.1, -0.05) is 29.8 Å². The van der Waals surface area contributed by atoms with Crippen molar-refractivity contribution in [1.29, 1.82) is 0 Å². The molecule has 2 nitrogen and oxygen atoms in total. The van der Waals surface area contributed by atoms with Crippen molar-refractivity contribution in [2.24, 2.45) is 0 Å². The second-order valence-electron chi connectivity index (χ2n) is 4.48. The van der Waals surface area contributed by atoms with Crippen LogP contribution in [0.4, 0.5) is 0 Å². The van der Waals surface area contributed by atoms with E-state index in [4.69, 9.17) is 16.3 Å². The maximum atomic E-state index is 6.09. The molecular weight excluding hydrogens is 258 g/mol. The number of benzene rings is 2. The zero-order valence-corrected chi connectivity index (χ0v) is 12.2. The SMILES string of the molecule is CNC(C)c1cccc(-c2cc(Cl)ccc2OC)c1. The number of hydrogen-bond acceptors (Lipinski definition) is 2. The lowest BCUT2D eigenvalue weighted by Gasteiger charge is -2.14. The van der Waals surface area contributed by atoms with Gasteiger partial charge in [-0.05, 0) is 49.4 Å². The lowest BCUT2D eigenvalue weighted by molar-refractivity contribution is 0.416. The van der Waals surface area contributed by atoms with E-state index >= 15 is 0 Å². The Labute approximate surface area is 119 Å². The Bertz CT molecular complexity index is 568. The van der Waals surface area contributed by atoms with Crippen LogP contribution < -0.4 is 10.1 Å². The van der Waals surface area contributed by atoms with Gasteiger partial charge < -0.3 is 10.1 Å². The Balaban J connectivity index is 2.49. The molecule has 2 rings (SSSR count). The predicted molar refractivity (Wildman–Crippen MR) is 80.9 cm³/mol. The van der Waals surface area contributed by atoms with Gasteiger partial charge in [0.25, 0.3) is 0 Å². The van der Waals surface area contributed by atoms with Gasteiger partial charge in [-0.3, -0.25) is 0 Å². The molecule has 0 amide bonds. The van der Waals surface area contributed by atoms with Gasteiger partial charge in [0, 0.05) is 16.6 Å². The van der Waals surface area contributed by atoms with Gasteiger partial charge in [-0.25, -0.2) is 0 Å². The summed E-state index contributed by atoms with van der Waals surface area (Å²) in [7, 11) is 3.63. The first kappa shape index (κ1) is 13.9. The van der Waals surface area contributed by atoms with E-state index in [1.807, 2.05) is 25.2 Å². The number of halogens is 1. The highest BCUT2D eigenvalue weighted by atomic mass is 35.5. The number of hydrogen-bond donors (Lipinski definition) is 1. The largest absolute Gasteiger partial charge is 0.496 e. The molecule has 0 bridgehead atoms. The van der Waals surface area contributed by atoms with Crippen molar-refractivity contribution in [1.82, 2.24) is 5.32 Å². The molecule has 0 saturated heterocycles. The van der Waals surface area contributed by atoms with Crippen LogP contribution in [0.15, 0.2) is 42.5 Å². The van der Waals surface area contributed by atoms with E-state index in [2.05, 4.69) is 36.5 Å². The van der Waals surface area contributed by atoms with Crippen LogP contribution in [0.5, 0.6) is 5.75 Å². The fourth-order valence-corrected chi connectivity index (χ4v) is 2.22. The van der Waals surface area contributed by atoms with Crippen LogP contribution >= 0.6 is 11.6 Å². The molecule has 3 heteroatoms. The van der Waals surface area contributed by atoms with E-state index in [9.17, 15) is 0 Å². The first-order chi connectivity index (χ1) is 9.15. The third-order valence-electron chi connectivity index (χ3n) is 3.29. The monoisotopic (exact) mass is 275 g/mol. The van der Waals surface area contributed by atoms with Crippen LogP contribution in [0, 0.1) is 0 Å². The summed E-state index contributed by atoms with van der Waals surface area (Å²) in [6.07, 6.45) is 0. The van der Waals surface area contributed by atoms with E-state index < -0.39 is 0 Å². The fraction of sp³-hybridized carbons (Fsp3) is 0.250. The summed E-state index contributed by atoms with van der Waals surface area (Å²) in [5.41, 5.74) is 3.36. The summed E-state index contributed by atoms with van der Waals surface area (Å²) in [6.45, 7) is 2.13. The third kappa shape index (κ3) is 3.09. The van der Waals surface area contributed by atoms with Crippen molar-refractivity contribution < 1.29 is 4.74 Å². The molecule has 0 fully saturated rings. The molecule has 1 atom stereocenters. The van der Waals surface area contributed by atoms with Gasteiger partial charge in [0.2, 0.25) is 0 Å². The van der Waals surface area contributed by atoms with Crippen molar-refractivity contribution in [3.8, 4) is 16.9 Å². The highest BCUT2D eigenvalue weighted by Crippen LogP contribution is 2.33. The molecule has 0 spiro atoms. The molecule has 19 heavy (non-hydrogen) atoms. The normalized spacial score (nSPS) is 12.2. The quantitative estimate of drug-likeness (QED) is 0.898. The molecule has 1 unspecified atom stereocenters. The summed E-state index contributed by atoms with van der Waals surface area (Å²) >= 11 is 6.09. The van der Waals surface area contributed by atoms with E-state index in [1.54, 1.807) is 7.11 Å². The molecule has 2 aromatic carbocycles. The van der Waals surface area contributed by atoms with Crippen molar-refractivity contribution in [3.63, 3.8) is 0 Å². The first-order valence-electron chi connectivity index (χ1n) is 6.27. The summed E-state index contributed by atoms with van der Waals surface area (Å²) in [4.78, 5) is 0. The highest BCUT2D eigenvalue weighted by Gasteiger charge is 2.09. The molecule has 0 aliphatic heterocycles. The Hall–Kier alpha value is -1.51. The van der Waals surface area contributed by atoms with Gasteiger partial charge in [-0.15, -0.1) is 0 Å². The van der Waals surface area contributed by atoms with Crippen molar-refractivity contribution in [3.05, 3.63) is 53.1 Å². The maximum absolute atomic E-state index is 6.09. The van der Waals surface area contributed by atoms with Crippen molar-refractivity contribution in [2.45, 2.75) is 13.0 Å². The molecule has 0 aromatic heterocycles. The molecule has 0 radical (unpaired) electrons. The minimum atomic E-state index is 0.310. The first-order valence-corrected chi connectivity index (χ1v) is 6.64. The van der Waals surface area contributed by atoms with E-state index in [0.29, 0.717) is 11.1 Å². The van der Waals surface area contributed by atoms with Crippen LogP contribution in [-0.2, 0) is 0 Å². The van der Waals surface area contributed by atoms with Crippen molar-refractivity contribution >= 4 is 11.6 Å². The minimum Gasteiger partial charge on any atom is -0.496 e. The number of nitrogens with one attached hydrogen (secondary N) is 1. The Morgan fingerprint density at radius 1 is 1.16 bits per heavy atom. The second-order valence-corrected chi connectivity index (χ2v) is 4.92. The zero-order valence-electron chi connectivity index (χ0n) is 11.4. The van der Waals surface area contributed by atoms with Crippen LogP contribution in [0.2, 0.25) is 5.02 Å². The van der Waals surface area contributed by atoms with Gasteiger partial charge >= 0.3 is 0 Å². The number of rotatable bonds is 4. The summed E-state index contributed by atoms with van der Waals surface area (Å²) in [6, 6.07) is 14.4. The molecule has 0 aliphatic rings. The van der Waals surface area contributed by atoms with Gasteiger partial charge in [-0.2, -0.15) is 0 Å². The van der Waals surface area contributed by atoms with Gasteiger partial charge in [0.05, 0.1) is 7.11 Å². The summed E-state index contributed by atoms with van der Waals surface area (Å²) in [5, 5.41) is 3.95. The predicted octanol–water partition coefficient (Wildman–Crippen LogP) is 4.30. The molecule has 1 N–H and O–H groups in total. The smallest absolute Gasteiger partial charge is 0.126 e. The lowest BCUT2D eigenvalue weighted by atomic mass is 9.99. The molecule has 100 valence electrons. The fourth-order valence-electron chi connectivity index (χ4n) is 2.05. The van der Waals surface area contributed by atoms with E-state index in [1.165, 1.54) is 5.56 Å². The van der Waals surface area contributed by atoms with Gasteiger partial charge in [0.1, 0.15) is 5.75 Å². The minimum absolute atomic E-state index is 0.310. The third-order valence-corrected chi connectivity index (χ3v) is 3.53. The Kier molecular flexibility index (Phi) is 4.46. The molecule has 0 aliphatic carbocycles. The topological polar surface area (TPSA) is 21.3 Å². The standard InChI is InChI=1S/C16H18ClNO/c1-11(18-2)12-5-4-6-13(9-12)15-10-14(17)7-8-16(15)19-3/h4-11,18H,1-3H3. The van der Waals surface area contributed by atoms with Gasteiger partial charge in [0.15, 0.2) is 0 Å². The summed E-state index contributed by atoms with van der Waals surface area (Å²) < 4.78 is 5.41. The number of ether oxygens (including phenoxy) is 1. The highest BCUT2D eigenvalue weighted by molar-refractivity contribution is 6.31. The average Bonchev–Trinajstić information content (AvgIpc) is 2.46. The second kappa shape index (κ2) is 6.09. The van der Waals surface area contributed by atoms with E-state index in [-0.39, 0.29) is 0 Å². The maximum Gasteiger partial charge on any atom is 0.126 e. The Morgan fingerprint density at radius 3 is 2.63 bits per heavy atom. The summed E-state index contributed by atoms with van der Waals surface area (Å²) in [5.74, 6) is 0.832. The lowest BCUT2D eigenvalue weighted by Crippen LogP contribution is -2.12. The molecule has 0 saturated carbocycles. The van der Waals surface area contributed by atoms with Crippen LogP contribution in [-0.4, -0.2) is 14.2 Å². The molecular formula is C16H18ClNO. The average molecular weight is 276 g/mol.